The van der Waals surface area contributed by atoms with Crippen molar-refractivity contribution in [1.29, 1.82) is 0 Å². The molecule has 28 heavy (non-hydrogen) atoms. The maximum Gasteiger partial charge on any atom is 0.253 e. The molecule has 2 aliphatic heterocycles. The van der Waals surface area contributed by atoms with Crippen LogP contribution in [0.1, 0.15) is 75.6 Å². The van der Waals surface area contributed by atoms with Crippen LogP contribution in [0.2, 0.25) is 0 Å². The van der Waals surface area contributed by atoms with E-state index < -0.39 is 0 Å². The Hall–Kier alpha value is -1.55. The Labute approximate surface area is 170 Å². The van der Waals surface area contributed by atoms with Gasteiger partial charge in [-0.3, -0.25) is 4.79 Å². The minimum Gasteiger partial charge on any atom is -0.490 e. The lowest BCUT2D eigenvalue weighted by atomic mass is 9.97. The second kappa shape index (κ2) is 8.44. The summed E-state index contributed by atoms with van der Waals surface area (Å²) in [5.74, 6) is 1.06. The van der Waals surface area contributed by atoms with Gasteiger partial charge >= 0.3 is 0 Å². The molecule has 3 fully saturated rings. The highest BCUT2D eigenvalue weighted by Crippen LogP contribution is 2.49. The van der Waals surface area contributed by atoms with Crippen LogP contribution in [0.15, 0.2) is 24.3 Å². The van der Waals surface area contributed by atoms with Gasteiger partial charge in [0.15, 0.2) is 0 Å². The van der Waals surface area contributed by atoms with Crippen molar-refractivity contribution in [3.05, 3.63) is 29.8 Å². The molecule has 1 saturated carbocycles. The van der Waals surface area contributed by atoms with Gasteiger partial charge in [0.05, 0.1) is 0 Å². The number of carbonyl (C=O) groups excluding carboxylic acids is 1. The molecule has 4 heteroatoms. The fourth-order valence-corrected chi connectivity index (χ4v) is 4.84. The van der Waals surface area contributed by atoms with E-state index in [2.05, 4.69) is 18.7 Å². The second-order valence-corrected chi connectivity index (χ2v) is 9.59. The van der Waals surface area contributed by atoms with Crippen LogP contribution in [-0.4, -0.2) is 54.0 Å². The SMILES string of the molecule is C[C@@H](CC1(C)CC1)N1CCC(Oc2ccc(C(=O)N3CCCCC3)cc2)CC1. The Balaban J connectivity index is 1.24. The number of carbonyl (C=O) groups is 1. The molecule has 1 aliphatic carbocycles. The van der Waals surface area contributed by atoms with E-state index >= 15 is 0 Å². The topological polar surface area (TPSA) is 32.8 Å². The molecule has 1 amide bonds. The Morgan fingerprint density at radius 2 is 1.71 bits per heavy atom. The van der Waals surface area contributed by atoms with Gasteiger partial charge in [-0.05, 0) is 88.0 Å². The predicted molar refractivity (Wildman–Crippen MR) is 113 cm³/mol. The van der Waals surface area contributed by atoms with Crippen LogP contribution in [0.25, 0.3) is 0 Å². The van der Waals surface area contributed by atoms with Crippen molar-refractivity contribution in [2.45, 2.75) is 77.4 Å². The Kier molecular flexibility index (Phi) is 5.96. The van der Waals surface area contributed by atoms with E-state index in [4.69, 9.17) is 4.74 Å². The first-order chi connectivity index (χ1) is 13.5. The third-order valence-corrected chi connectivity index (χ3v) is 7.04. The number of piperidine rings is 2. The molecule has 0 N–H and O–H groups in total. The van der Waals surface area contributed by atoms with Crippen molar-refractivity contribution in [2.75, 3.05) is 26.2 Å². The number of likely N-dealkylation sites (tertiary alicyclic amines) is 2. The molecule has 4 nitrogen and oxygen atoms in total. The smallest absolute Gasteiger partial charge is 0.253 e. The molecular formula is C24H36N2O2. The van der Waals surface area contributed by atoms with Crippen molar-refractivity contribution in [3.63, 3.8) is 0 Å². The summed E-state index contributed by atoms with van der Waals surface area (Å²) in [5.41, 5.74) is 1.41. The highest BCUT2D eigenvalue weighted by Gasteiger charge is 2.39. The Bertz CT molecular complexity index is 654. The van der Waals surface area contributed by atoms with Crippen LogP contribution in [0.4, 0.5) is 0 Å². The fourth-order valence-electron chi connectivity index (χ4n) is 4.84. The van der Waals surface area contributed by atoms with E-state index in [0.717, 1.165) is 63.2 Å². The van der Waals surface area contributed by atoms with Gasteiger partial charge in [-0.1, -0.05) is 6.92 Å². The van der Waals surface area contributed by atoms with Gasteiger partial charge in [0, 0.05) is 37.8 Å². The molecule has 4 rings (SSSR count). The molecule has 0 spiro atoms. The van der Waals surface area contributed by atoms with Gasteiger partial charge in [-0.15, -0.1) is 0 Å². The summed E-state index contributed by atoms with van der Waals surface area (Å²) in [7, 11) is 0. The summed E-state index contributed by atoms with van der Waals surface area (Å²) in [6.07, 6.45) is 10.1. The van der Waals surface area contributed by atoms with E-state index in [1.165, 1.54) is 25.7 Å². The highest BCUT2D eigenvalue weighted by molar-refractivity contribution is 5.94. The molecule has 0 unspecified atom stereocenters. The minimum absolute atomic E-state index is 0.165. The number of rotatable bonds is 6. The predicted octanol–water partition coefficient (Wildman–Crippen LogP) is 4.73. The molecule has 1 atom stereocenters. The normalized spacial score (nSPS) is 24.0. The number of hydrogen-bond acceptors (Lipinski definition) is 3. The standard InChI is InChI=1S/C24H36N2O2/c1-19(18-24(2)12-13-24)25-16-10-22(11-17-25)28-21-8-6-20(7-9-21)23(27)26-14-4-3-5-15-26/h6-9,19,22H,3-5,10-18H2,1-2H3/t19-/m0/s1. The number of ether oxygens (including phenoxy) is 1. The van der Waals surface area contributed by atoms with E-state index in [9.17, 15) is 4.79 Å². The molecule has 0 radical (unpaired) electrons. The van der Waals surface area contributed by atoms with Crippen LogP contribution in [-0.2, 0) is 0 Å². The molecule has 1 aromatic rings. The molecule has 2 heterocycles. The maximum atomic E-state index is 12.6. The van der Waals surface area contributed by atoms with E-state index in [-0.39, 0.29) is 5.91 Å². The van der Waals surface area contributed by atoms with Crippen LogP contribution in [0.3, 0.4) is 0 Å². The zero-order valence-electron chi connectivity index (χ0n) is 17.7. The summed E-state index contributed by atoms with van der Waals surface area (Å²) >= 11 is 0. The van der Waals surface area contributed by atoms with Crippen molar-refractivity contribution < 1.29 is 9.53 Å². The zero-order valence-corrected chi connectivity index (χ0v) is 17.7. The first-order valence-corrected chi connectivity index (χ1v) is 11.3. The highest BCUT2D eigenvalue weighted by atomic mass is 16.5. The van der Waals surface area contributed by atoms with Crippen molar-refractivity contribution >= 4 is 5.91 Å². The molecule has 0 aromatic heterocycles. The quantitative estimate of drug-likeness (QED) is 0.710. The first kappa shape index (κ1) is 19.8. The molecule has 0 bridgehead atoms. The lowest BCUT2D eigenvalue weighted by Crippen LogP contribution is -2.43. The summed E-state index contributed by atoms with van der Waals surface area (Å²) < 4.78 is 6.23. The van der Waals surface area contributed by atoms with Crippen LogP contribution in [0, 0.1) is 5.41 Å². The lowest BCUT2D eigenvalue weighted by molar-refractivity contribution is 0.0716. The summed E-state index contributed by atoms with van der Waals surface area (Å²) in [5, 5.41) is 0. The molecule has 154 valence electrons. The Morgan fingerprint density at radius 1 is 1.07 bits per heavy atom. The van der Waals surface area contributed by atoms with Gasteiger partial charge in [0.2, 0.25) is 0 Å². The second-order valence-electron chi connectivity index (χ2n) is 9.59. The van der Waals surface area contributed by atoms with Crippen LogP contribution < -0.4 is 4.74 Å². The van der Waals surface area contributed by atoms with Gasteiger partial charge in [-0.25, -0.2) is 0 Å². The molecule has 1 aromatic carbocycles. The van der Waals surface area contributed by atoms with E-state index in [1.54, 1.807) is 0 Å². The van der Waals surface area contributed by atoms with Gasteiger partial charge in [0.1, 0.15) is 11.9 Å². The van der Waals surface area contributed by atoms with Crippen molar-refractivity contribution in [2.24, 2.45) is 5.41 Å². The maximum absolute atomic E-state index is 12.6. The monoisotopic (exact) mass is 384 g/mol. The third-order valence-electron chi connectivity index (χ3n) is 7.04. The molecule has 3 aliphatic rings. The molecule has 2 saturated heterocycles. The van der Waals surface area contributed by atoms with Crippen LogP contribution in [0.5, 0.6) is 5.75 Å². The Morgan fingerprint density at radius 3 is 2.32 bits per heavy atom. The molecular weight excluding hydrogens is 348 g/mol. The van der Waals surface area contributed by atoms with Gasteiger partial charge in [-0.2, -0.15) is 0 Å². The summed E-state index contributed by atoms with van der Waals surface area (Å²) in [4.78, 5) is 17.2. The number of benzene rings is 1. The summed E-state index contributed by atoms with van der Waals surface area (Å²) in [6.45, 7) is 8.88. The number of hydrogen-bond donors (Lipinski definition) is 0. The zero-order chi connectivity index (χ0) is 19.6. The number of nitrogens with zero attached hydrogens (tertiary/aromatic N) is 2. The largest absolute Gasteiger partial charge is 0.490 e. The summed E-state index contributed by atoms with van der Waals surface area (Å²) in [6, 6.07) is 8.49. The number of amides is 1. The third kappa shape index (κ3) is 4.89. The first-order valence-electron chi connectivity index (χ1n) is 11.3. The average Bonchev–Trinajstić information content (AvgIpc) is 3.45. The van der Waals surface area contributed by atoms with Crippen LogP contribution >= 0.6 is 0 Å². The van der Waals surface area contributed by atoms with Gasteiger partial charge in [0.25, 0.3) is 5.91 Å². The van der Waals surface area contributed by atoms with Crippen molar-refractivity contribution in [1.82, 2.24) is 9.80 Å². The minimum atomic E-state index is 0.165. The van der Waals surface area contributed by atoms with Crippen molar-refractivity contribution in [3.8, 4) is 5.75 Å². The average molecular weight is 385 g/mol. The van der Waals surface area contributed by atoms with E-state index in [0.29, 0.717) is 17.6 Å². The lowest BCUT2D eigenvalue weighted by Gasteiger charge is -2.37. The fraction of sp³-hybridized carbons (Fsp3) is 0.708. The van der Waals surface area contributed by atoms with E-state index in [1.807, 2.05) is 29.2 Å². The van der Waals surface area contributed by atoms with Gasteiger partial charge < -0.3 is 14.5 Å².